The fourth-order valence-corrected chi connectivity index (χ4v) is 1.83. The van der Waals surface area contributed by atoms with E-state index in [0.29, 0.717) is 6.04 Å². The first kappa shape index (κ1) is 13.9. The van der Waals surface area contributed by atoms with Crippen LogP contribution in [0.15, 0.2) is 12.5 Å². The van der Waals surface area contributed by atoms with Crippen LogP contribution in [0, 0.1) is 0 Å². The Morgan fingerprint density at radius 2 is 2.26 bits per heavy atom. The molecule has 2 unspecified atom stereocenters. The highest BCUT2D eigenvalue weighted by atomic mass is 16.6. The van der Waals surface area contributed by atoms with Crippen LogP contribution in [0.3, 0.4) is 0 Å². The van der Waals surface area contributed by atoms with Crippen LogP contribution in [-0.4, -0.2) is 33.3 Å². The van der Waals surface area contributed by atoms with Crippen LogP contribution in [0.2, 0.25) is 0 Å². The van der Waals surface area contributed by atoms with Gasteiger partial charge in [-0.2, -0.15) is 0 Å². The van der Waals surface area contributed by atoms with Crippen molar-refractivity contribution in [2.75, 3.05) is 0 Å². The highest BCUT2D eigenvalue weighted by molar-refractivity contribution is 5.68. The molecule has 106 valence electrons. The molecule has 1 aromatic rings. The van der Waals surface area contributed by atoms with Gasteiger partial charge in [0.15, 0.2) is 0 Å². The van der Waals surface area contributed by atoms with E-state index >= 15 is 0 Å². The molecule has 2 atom stereocenters. The standard InChI is InChI=1S/C13H22N4O2/c1-13(2,3)19-12(18)16-11-5-10(11)15-7-9-6-14-8-17(9)4/h6,8,10-11,15H,5,7H2,1-4H3,(H,16,18). The van der Waals surface area contributed by atoms with Gasteiger partial charge in [0.2, 0.25) is 0 Å². The number of carbonyl (C=O) groups is 1. The molecule has 6 nitrogen and oxygen atoms in total. The zero-order chi connectivity index (χ0) is 14.0. The maximum absolute atomic E-state index is 11.6. The Hall–Kier alpha value is -1.56. The molecule has 1 fully saturated rings. The summed E-state index contributed by atoms with van der Waals surface area (Å²) in [7, 11) is 1.97. The number of aryl methyl sites for hydroxylation is 1. The number of ether oxygens (including phenoxy) is 1. The number of rotatable bonds is 4. The summed E-state index contributed by atoms with van der Waals surface area (Å²) in [4.78, 5) is 15.6. The molecule has 1 aliphatic rings. The Kier molecular flexibility index (Phi) is 3.80. The molecule has 6 heteroatoms. The number of nitrogens with one attached hydrogen (secondary N) is 2. The second-order valence-electron chi connectivity index (χ2n) is 5.97. The fourth-order valence-electron chi connectivity index (χ4n) is 1.83. The summed E-state index contributed by atoms with van der Waals surface area (Å²) in [5.41, 5.74) is 0.680. The van der Waals surface area contributed by atoms with Crippen LogP contribution >= 0.6 is 0 Å². The van der Waals surface area contributed by atoms with E-state index in [0.717, 1.165) is 18.7 Å². The van der Waals surface area contributed by atoms with Crippen LogP contribution in [0.5, 0.6) is 0 Å². The van der Waals surface area contributed by atoms with Crippen molar-refractivity contribution in [3.05, 3.63) is 18.2 Å². The van der Waals surface area contributed by atoms with Crippen molar-refractivity contribution in [2.45, 2.75) is 51.4 Å². The van der Waals surface area contributed by atoms with Gasteiger partial charge in [0.05, 0.1) is 12.0 Å². The van der Waals surface area contributed by atoms with Gasteiger partial charge < -0.3 is 19.9 Å². The smallest absolute Gasteiger partial charge is 0.407 e. The third-order valence-electron chi connectivity index (χ3n) is 2.95. The highest BCUT2D eigenvalue weighted by Crippen LogP contribution is 2.22. The van der Waals surface area contributed by atoms with Gasteiger partial charge in [0, 0.05) is 31.9 Å². The third kappa shape index (κ3) is 4.24. The zero-order valence-corrected chi connectivity index (χ0v) is 11.9. The topological polar surface area (TPSA) is 68.2 Å². The summed E-state index contributed by atoms with van der Waals surface area (Å²) in [6.45, 7) is 6.33. The number of carbonyl (C=O) groups excluding carboxylic acids is 1. The first-order valence-corrected chi connectivity index (χ1v) is 6.53. The molecule has 2 rings (SSSR count). The second kappa shape index (κ2) is 5.21. The van der Waals surface area contributed by atoms with Crippen molar-refractivity contribution < 1.29 is 9.53 Å². The summed E-state index contributed by atoms with van der Waals surface area (Å²) in [6.07, 6.45) is 4.21. The number of hydrogen-bond donors (Lipinski definition) is 2. The lowest BCUT2D eigenvalue weighted by Gasteiger charge is -2.19. The minimum absolute atomic E-state index is 0.170. The molecule has 1 heterocycles. The molecular weight excluding hydrogens is 244 g/mol. The van der Waals surface area contributed by atoms with E-state index in [-0.39, 0.29) is 12.1 Å². The van der Waals surface area contributed by atoms with E-state index in [1.807, 2.05) is 38.6 Å². The monoisotopic (exact) mass is 266 g/mol. The van der Waals surface area contributed by atoms with E-state index in [1.54, 1.807) is 6.33 Å². The first-order chi connectivity index (χ1) is 8.85. The number of nitrogens with zero attached hydrogens (tertiary/aromatic N) is 2. The van der Waals surface area contributed by atoms with Gasteiger partial charge in [-0.3, -0.25) is 0 Å². The summed E-state index contributed by atoms with van der Waals surface area (Å²) in [5, 5.41) is 6.25. The van der Waals surface area contributed by atoms with Crippen molar-refractivity contribution in [3.63, 3.8) is 0 Å². The highest BCUT2D eigenvalue weighted by Gasteiger charge is 2.38. The Labute approximate surface area is 113 Å². The largest absolute Gasteiger partial charge is 0.444 e. The van der Waals surface area contributed by atoms with E-state index in [9.17, 15) is 4.79 Å². The van der Waals surface area contributed by atoms with Crippen molar-refractivity contribution in [1.29, 1.82) is 0 Å². The molecule has 1 aliphatic carbocycles. The van der Waals surface area contributed by atoms with Crippen LogP contribution in [-0.2, 0) is 18.3 Å². The number of alkyl carbamates (subject to hydrolysis) is 1. The second-order valence-corrected chi connectivity index (χ2v) is 5.97. The van der Waals surface area contributed by atoms with Crippen LogP contribution in [0.1, 0.15) is 32.9 Å². The van der Waals surface area contributed by atoms with Crippen molar-refractivity contribution in [3.8, 4) is 0 Å². The zero-order valence-electron chi connectivity index (χ0n) is 11.9. The molecule has 19 heavy (non-hydrogen) atoms. The normalized spacial score (nSPS) is 22.1. The average Bonchev–Trinajstić information content (AvgIpc) is 2.85. The average molecular weight is 266 g/mol. The molecule has 0 saturated heterocycles. The summed E-state index contributed by atoms with van der Waals surface area (Å²) in [5.74, 6) is 0. The Morgan fingerprint density at radius 1 is 1.53 bits per heavy atom. The van der Waals surface area contributed by atoms with Crippen molar-refractivity contribution in [2.24, 2.45) is 7.05 Å². The summed E-state index contributed by atoms with van der Waals surface area (Å²) in [6, 6.07) is 0.491. The van der Waals surface area contributed by atoms with Gasteiger partial charge in [-0.1, -0.05) is 0 Å². The lowest BCUT2D eigenvalue weighted by atomic mass is 10.2. The quantitative estimate of drug-likeness (QED) is 0.858. The Bertz CT molecular complexity index is 450. The SMILES string of the molecule is Cn1cncc1CNC1CC1NC(=O)OC(C)(C)C. The Morgan fingerprint density at radius 3 is 2.84 bits per heavy atom. The minimum Gasteiger partial charge on any atom is -0.444 e. The van der Waals surface area contributed by atoms with Crippen LogP contribution in [0.25, 0.3) is 0 Å². The van der Waals surface area contributed by atoms with Gasteiger partial charge in [-0.05, 0) is 27.2 Å². The molecule has 0 radical (unpaired) electrons. The van der Waals surface area contributed by atoms with E-state index < -0.39 is 5.60 Å². The summed E-state index contributed by atoms with van der Waals surface area (Å²) < 4.78 is 7.19. The lowest BCUT2D eigenvalue weighted by Crippen LogP contribution is -2.36. The fraction of sp³-hybridized carbons (Fsp3) is 0.692. The van der Waals surface area contributed by atoms with Gasteiger partial charge in [0.1, 0.15) is 5.60 Å². The van der Waals surface area contributed by atoms with Gasteiger partial charge >= 0.3 is 6.09 Å². The van der Waals surface area contributed by atoms with E-state index in [4.69, 9.17) is 4.74 Å². The molecule has 0 spiro atoms. The number of aromatic nitrogens is 2. The predicted octanol–water partition coefficient (Wildman–Crippen LogP) is 1.18. The van der Waals surface area contributed by atoms with Gasteiger partial charge in [0.25, 0.3) is 0 Å². The molecular formula is C13H22N4O2. The number of imidazole rings is 1. The molecule has 1 aromatic heterocycles. The number of hydrogen-bond acceptors (Lipinski definition) is 4. The molecule has 1 saturated carbocycles. The minimum atomic E-state index is -0.448. The van der Waals surface area contributed by atoms with Crippen molar-refractivity contribution in [1.82, 2.24) is 20.2 Å². The third-order valence-corrected chi connectivity index (χ3v) is 2.95. The van der Waals surface area contributed by atoms with E-state index in [1.165, 1.54) is 0 Å². The summed E-state index contributed by atoms with van der Waals surface area (Å²) >= 11 is 0. The van der Waals surface area contributed by atoms with Crippen LogP contribution in [0.4, 0.5) is 4.79 Å². The van der Waals surface area contributed by atoms with Gasteiger partial charge in [-0.25, -0.2) is 9.78 Å². The number of amides is 1. The first-order valence-electron chi connectivity index (χ1n) is 6.53. The van der Waals surface area contributed by atoms with Crippen molar-refractivity contribution >= 4 is 6.09 Å². The molecule has 1 amide bonds. The lowest BCUT2D eigenvalue weighted by molar-refractivity contribution is 0.0522. The molecule has 2 N–H and O–H groups in total. The maximum atomic E-state index is 11.6. The van der Waals surface area contributed by atoms with Crippen LogP contribution < -0.4 is 10.6 Å². The predicted molar refractivity (Wildman–Crippen MR) is 71.6 cm³/mol. The van der Waals surface area contributed by atoms with E-state index in [2.05, 4.69) is 15.6 Å². The Balaban J connectivity index is 1.68. The van der Waals surface area contributed by atoms with Gasteiger partial charge in [-0.15, -0.1) is 0 Å². The maximum Gasteiger partial charge on any atom is 0.407 e. The molecule has 0 bridgehead atoms. The molecule has 0 aromatic carbocycles. The molecule has 0 aliphatic heterocycles.